The van der Waals surface area contributed by atoms with Gasteiger partial charge in [0.1, 0.15) is 6.10 Å². The molecule has 0 radical (unpaired) electrons. The molecule has 100 valence electrons. The number of esters is 2. The van der Waals surface area contributed by atoms with Gasteiger partial charge in [0.25, 0.3) is 0 Å². The fraction of sp³-hybridized carbons (Fsp3) is 0.714. The van der Waals surface area contributed by atoms with Crippen LogP contribution in [0.5, 0.6) is 0 Å². The van der Waals surface area contributed by atoms with Crippen molar-refractivity contribution in [3.8, 4) is 0 Å². The van der Waals surface area contributed by atoms with E-state index in [1.807, 2.05) is 19.1 Å². The number of allylic oxidation sites excluding steroid dienone is 1. The van der Waals surface area contributed by atoms with Crippen LogP contribution in [-0.2, 0) is 19.1 Å². The Labute approximate surface area is 107 Å². The summed E-state index contributed by atoms with van der Waals surface area (Å²) < 4.78 is 10.3. The molecule has 0 aromatic carbocycles. The number of rotatable bonds is 3. The van der Waals surface area contributed by atoms with Crippen LogP contribution in [0.25, 0.3) is 0 Å². The Bertz CT molecular complexity index is 361. The van der Waals surface area contributed by atoms with Gasteiger partial charge in [-0.25, -0.2) is 0 Å². The van der Waals surface area contributed by atoms with Crippen molar-refractivity contribution < 1.29 is 19.1 Å². The van der Waals surface area contributed by atoms with Crippen LogP contribution < -0.4 is 0 Å². The van der Waals surface area contributed by atoms with Gasteiger partial charge in [-0.1, -0.05) is 6.08 Å². The highest BCUT2D eigenvalue weighted by molar-refractivity contribution is 5.76. The molecular formula is C14H20O4. The van der Waals surface area contributed by atoms with Gasteiger partial charge in [-0.15, -0.1) is 0 Å². The molecule has 4 unspecified atom stereocenters. The van der Waals surface area contributed by atoms with E-state index >= 15 is 0 Å². The van der Waals surface area contributed by atoms with E-state index in [0.717, 1.165) is 19.3 Å². The van der Waals surface area contributed by atoms with Gasteiger partial charge in [-0.2, -0.15) is 0 Å². The van der Waals surface area contributed by atoms with E-state index in [1.54, 1.807) is 0 Å². The van der Waals surface area contributed by atoms with Gasteiger partial charge in [0.05, 0.1) is 12.5 Å². The van der Waals surface area contributed by atoms with Crippen LogP contribution in [0.1, 0.15) is 33.1 Å². The van der Waals surface area contributed by atoms with Crippen molar-refractivity contribution in [2.24, 2.45) is 17.8 Å². The molecule has 1 saturated carbocycles. The lowest BCUT2D eigenvalue weighted by atomic mass is 10.0. The third-order valence-electron chi connectivity index (χ3n) is 3.75. The largest absolute Gasteiger partial charge is 0.466 e. The number of carbonyl (C=O) groups is 2. The van der Waals surface area contributed by atoms with Crippen LogP contribution in [0, 0.1) is 17.8 Å². The maximum Gasteiger partial charge on any atom is 0.309 e. The molecule has 4 nitrogen and oxygen atoms in total. The highest BCUT2D eigenvalue weighted by Gasteiger charge is 2.54. The van der Waals surface area contributed by atoms with Crippen molar-refractivity contribution >= 4 is 11.9 Å². The summed E-state index contributed by atoms with van der Waals surface area (Å²) in [5.41, 5.74) is 0. The van der Waals surface area contributed by atoms with Crippen molar-refractivity contribution in [3.63, 3.8) is 0 Å². The SMILES string of the molecule is CCOC(=O)C1C2C/C=C\C(OC(C)=O)CCC21. The van der Waals surface area contributed by atoms with Gasteiger partial charge in [0.2, 0.25) is 0 Å². The van der Waals surface area contributed by atoms with E-state index in [4.69, 9.17) is 9.47 Å². The first-order chi connectivity index (χ1) is 8.63. The van der Waals surface area contributed by atoms with E-state index in [9.17, 15) is 9.59 Å². The lowest BCUT2D eigenvalue weighted by Gasteiger charge is -2.14. The minimum absolute atomic E-state index is 0.0608. The Hall–Kier alpha value is -1.32. The fourth-order valence-electron chi connectivity index (χ4n) is 2.90. The zero-order valence-electron chi connectivity index (χ0n) is 10.9. The van der Waals surface area contributed by atoms with Crippen molar-refractivity contribution in [1.29, 1.82) is 0 Å². The highest BCUT2D eigenvalue weighted by atomic mass is 16.5. The molecule has 1 fully saturated rings. The second kappa shape index (κ2) is 5.55. The van der Waals surface area contributed by atoms with Gasteiger partial charge in [0, 0.05) is 6.92 Å². The molecule has 0 saturated heterocycles. The van der Waals surface area contributed by atoms with Crippen LogP contribution in [0.15, 0.2) is 12.2 Å². The topological polar surface area (TPSA) is 52.6 Å². The lowest BCUT2D eigenvalue weighted by Crippen LogP contribution is -2.15. The van der Waals surface area contributed by atoms with Gasteiger partial charge in [0.15, 0.2) is 0 Å². The lowest BCUT2D eigenvalue weighted by molar-refractivity contribution is -0.146. The van der Waals surface area contributed by atoms with Gasteiger partial charge in [-0.05, 0) is 44.1 Å². The monoisotopic (exact) mass is 252 g/mol. The standard InChI is InChI=1S/C14H20O4/c1-3-17-14(16)13-11-6-4-5-10(18-9(2)15)7-8-12(11)13/h4-5,10-13H,3,6-8H2,1-2H3/b5-4-. The maximum absolute atomic E-state index is 11.7. The molecule has 0 N–H and O–H groups in total. The summed E-state index contributed by atoms with van der Waals surface area (Å²) in [7, 11) is 0. The predicted molar refractivity (Wildman–Crippen MR) is 65.6 cm³/mol. The molecule has 4 atom stereocenters. The molecule has 0 aliphatic heterocycles. The average molecular weight is 252 g/mol. The van der Waals surface area contributed by atoms with Gasteiger partial charge in [-0.3, -0.25) is 9.59 Å². The van der Waals surface area contributed by atoms with Gasteiger partial charge < -0.3 is 9.47 Å². The molecule has 0 aromatic rings. The molecule has 0 amide bonds. The summed E-state index contributed by atoms with van der Waals surface area (Å²) in [6, 6.07) is 0. The van der Waals surface area contributed by atoms with E-state index in [1.165, 1.54) is 6.92 Å². The van der Waals surface area contributed by atoms with Crippen LogP contribution >= 0.6 is 0 Å². The smallest absolute Gasteiger partial charge is 0.309 e. The highest BCUT2D eigenvalue weighted by Crippen LogP contribution is 2.53. The molecular weight excluding hydrogens is 232 g/mol. The minimum Gasteiger partial charge on any atom is -0.466 e. The molecule has 4 heteroatoms. The first-order valence-electron chi connectivity index (χ1n) is 6.64. The van der Waals surface area contributed by atoms with Crippen molar-refractivity contribution in [2.45, 2.75) is 39.2 Å². The van der Waals surface area contributed by atoms with Crippen LogP contribution in [-0.4, -0.2) is 24.6 Å². The third-order valence-corrected chi connectivity index (χ3v) is 3.75. The Morgan fingerprint density at radius 1 is 1.28 bits per heavy atom. The Kier molecular flexibility index (Phi) is 4.04. The summed E-state index contributed by atoms with van der Waals surface area (Å²) in [5, 5.41) is 0. The predicted octanol–water partition coefficient (Wildman–Crippen LogP) is 2.08. The molecule has 0 heterocycles. The number of fused-ring (bicyclic) bond motifs is 1. The molecule has 0 bridgehead atoms. The zero-order valence-corrected chi connectivity index (χ0v) is 10.9. The van der Waals surface area contributed by atoms with E-state index < -0.39 is 0 Å². The maximum atomic E-state index is 11.7. The molecule has 2 rings (SSSR count). The average Bonchev–Trinajstić information content (AvgIpc) is 2.94. The van der Waals surface area contributed by atoms with Crippen molar-refractivity contribution in [3.05, 3.63) is 12.2 Å². The van der Waals surface area contributed by atoms with Crippen LogP contribution in [0.3, 0.4) is 0 Å². The number of hydrogen-bond acceptors (Lipinski definition) is 4. The number of carbonyl (C=O) groups excluding carboxylic acids is 2. The Morgan fingerprint density at radius 2 is 2.06 bits per heavy atom. The second-order valence-corrected chi connectivity index (χ2v) is 4.99. The molecule has 0 spiro atoms. The first-order valence-corrected chi connectivity index (χ1v) is 6.64. The van der Waals surface area contributed by atoms with Gasteiger partial charge >= 0.3 is 11.9 Å². The molecule has 0 aromatic heterocycles. The van der Waals surface area contributed by atoms with E-state index in [-0.39, 0.29) is 24.0 Å². The minimum atomic E-state index is -0.250. The summed E-state index contributed by atoms with van der Waals surface area (Å²) >= 11 is 0. The van der Waals surface area contributed by atoms with E-state index in [0.29, 0.717) is 18.4 Å². The number of ether oxygens (including phenoxy) is 2. The quantitative estimate of drug-likeness (QED) is 0.570. The van der Waals surface area contributed by atoms with Crippen molar-refractivity contribution in [2.75, 3.05) is 6.61 Å². The number of hydrogen-bond donors (Lipinski definition) is 0. The van der Waals surface area contributed by atoms with Crippen molar-refractivity contribution in [1.82, 2.24) is 0 Å². The second-order valence-electron chi connectivity index (χ2n) is 4.99. The summed E-state index contributed by atoms with van der Waals surface area (Å²) in [4.78, 5) is 22.7. The zero-order chi connectivity index (χ0) is 13.1. The van der Waals surface area contributed by atoms with Crippen LogP contribution in [0.2, 0.25) is 0 Å². The normalized spacial score (nSPS) is 35.7. The molecule has 2 aliphatic carbocycles. The first kappa shape index (κ1) is 13.1. The Balaban J connectivity index is 1.89. The van der Waals surface area contributed by atoms with Crippen LogP contribution in [0.4, 0.5) is 0 Å². The summed E-state index contributed by atoms with van der Waals surface area (Å²) in [6.07, 6.45) is 6.45. The van der Waals surface area contributed by atoms with E-state index in [2.05, 4.69) is 0 Å². The summed E-state index contributed by atoms with van der Waals surface area (Å²) in [5.74, 6) is 0.586. The fourth-order valence-corrected chi connectivity index (χ4v) is 2.90. The molecule has 2 aliphatic rings. The molecule has 18 heavy (non-hydrogen) atoms. The third kappa shape index (κ3) is 2.92. The summed E-state index contributed by atoms with van der Waals surface area (Å²) in [6.45, 7) is 3.70. The Morgan fingerprint density at radius 3 is 2.72 bits per heavy atom.